The Bertz CT molecular complexity index is 1000. The van der Waals surface area contributed by atoms with Gasteiger partial charge in [-0.25, -0.2) is 4.98 Å². The van der Waals surface area contributed by atoms with E-state index >= 15 is 0 Å². The molecule has 0 fully saturated rings. The van der Waals surface area contributed by atoms with Crippen LogP contribution in [0, 0.1) is 0 Å². The van der Waals surface area contributed by atoms with Crippen molar-refractivity contribution >= 4 is 28.4 Å². The highest BCUT2D eigenvalue weighted by molar-refractivity contribution is 7.99. The molecule has 5 nitrogen and oxygen atoms in total. The average Bonchev–Trinajstić information content (AvgIpc) is 2.71. The highest BCUT2D eigenvalue weighted by Gasteiger charge is 2.14. The van der Waals surface area contributed by atoms with Crippen LogP contribution in [0.4, 0.5) is 0 Å². The molecule has 0 unspecified atom stereocenters. The zero-order valence-electron chi connectivity index (χ0n) is 16.1. The molecule has 3 aromatic rings. The van der Waals surface area contributed by atoms with E-state index in [2.05, 4.69) is 4.98 Å². The van der Waals surface area contributed by atoms with E-state index in [-0.39, 0.29) is 23.2 Å². The molecule has 146 valence electrons. The fraction of sp³-hybridized carbons (Fsp3) is 0.318. The summed E-state index contributed by atoms with van der Waals surface area (Å²) in [6.45, 7) is 5.05. The first kappa shape index (κ1) is 20.3. The lowest BCUT2D eigenvalue weighted by atomic mass is 10.2. The number of Topliss-reactive ketones (excluding diaryl/α,β-unsaturated/α-hetero) is 1. The van der Waals surface area contributed by atoms with Crippen LogP contribution in [0.25, 0.3) is 10.9 Å². The highest BCUT2D eigenvalue weighted by atomic mass is 32.2. The van der Waals surface area contributed by atoms with E-state index < -0.39 is 0 Å². The summed E-state index contributed by atoms with van der Waals surface area (Å²) in [5.41, 5.74) is 1.23. The Morgan fingerprint density at radius 3 is 2.57 bits per heavy atom. The monoisotopic (exact) mass is 396 g/mol. The Hall–Kier alpha value is -2.44. The Balaban J connectivity index is 1.83. The number of ether oxygens (including phenoxy) is 1. The third-order valence-corrected chi connectivity index (χ3v) is 5.21. The second-order valence-electron chi connectivity index (χ2n) is 6.72. The number of hydrogen-bond acceptors (Lipinski definition) is 5. The summed E-state index contributed by atoms with van der Waals surface area (Å²) in [4.78, 5) is 30.1. The van der Waals surface area contributed by atoms with Crippen LogP contribution in [0.15, 0.2) is 64.5 Å². The molecule has 0 aliphatic carbocycles. The normalized spacial score (nSPS) is 11.2. The van der Waals surface area contributed by atoms with Crippen LogP contribution in [0.1, 0.15) is 30.6 Å². The zero-order chi connectivity index (χ0) is 19.9. The molecule has 0 radical (unpaired) electrons. The molecule has 0 atom stereocenters. The molecular formula is C22H24N2O3S. The Morgan fingerprint density at radius 2 is 1.82 bits per heavy atom. The predicted octanol–water partition coefficient (Wildman–Crippen LogP) is 4.19. The molecule has 0 amide bonds. The van der Waals surface area contributed by atoms with Crippen LogP contribution in [0.3, 0.4) is 0 Å². The van der Waals surface area contributed by atoms with Crippen LogP contribution in [0.5, 0.6) is 0 Å². The van der Waals surface area contributed by atoms with E-state index in [0.29, 0.717) is 41.2 Å². The molecule has 0 aliphatic heterocycles. The quantitative estimate of drug-likeness (QED) is 0.235. The molecule has 0 bridgehead atoms. The number of benzene rings is 2. The van der Waals surface area contributed by atoms with Gasteiger partial charge < -0.3 is 4.74 Å². The van der Waals surface area contributed by atoms with Gasteiger partial charge in [-0.15, -0.1) is 0 Å². The molecule has 2 aromatic carbocycles. The van der Waals surface area contributed by atoms with Crippen LogP contribution in [0.2, 0.25) is 0 Å². The first-order valence-corrected chi connectivity index (χ1v) is 10.4. The molecule has 0 spiro atoms. The summed E-state index contributed by atoms with van der Waals surface area (Å²) >= 11 is 1.30. The maximum Gasteiger partial charge on any atom is 0.262 e. The molecular weight excluding hydrogens is 372 g/mol. The van der Waals surface area contributed by atoms with Crippen molar-refractivity contribution in [1.29, 1.82) is 0 Å². The summed E-state index contributed by atoms with van der Waals surface area (Å²) in [6, 6.07) is 16.5. The topological polar surface area (TPSA) is 61.2 Å². The number of fused-ring (bicyclic) bond motifs is 1. The minimum absolute atomic E-state index is 0.0164. The van der Waals surface area contributed by atoms with Gasteiger partial charge in [-0.2, -0.15) is 0 Å². The molecule has 3 rings (SSSR count). The standard InChI is InChI=1S/C22H24N2O3S/c1-16(2)27-14-8-13-24-21(26)18-11-6-7-12-19(18)23-22(24)28-15-20(25)17-9-4-3-5-10-17/h3-7,9-12,16H,8,13-15H2,1-2H3. The van der Waals surface area contributed by atoms with Crippen molar-refractivity contribution in [1.82, 2.24) is 9.55 Å². The number of para-hydroxylation sites is 1. The fourth-order valence-electron chi connectivity index (χ4n) is 2.83. The van der Waals surface area contributed by atoms with E-state index in [4.69, 9.17) is 4.74 Å². The Labute approximate surface area is 168 Å². The lowest BCUT2D eigenvalue weighted by Gasteiger charge is -2.13. The lowest BCUT2D eigenvalue weighted by molar-refractivity contribution is 0.0743. The molecule has 1 heterocycles. The SMILES string of the molecule is CC(C)OCCCn1c(SCC(=O)c2ccccc2)nc2ccccc2c1=O. The van der Waals surface area contributed by atoms with E-state index in [9.17, 15) is 9.59 Å². The van der Waals surface area contributed by atoms with Gasteiger partial charge in [-0.3, -0.25) is 14.2 Å². The smallest absolute Gasteiger partial charge is 0.262 e. The minimum Gasteiger partial charge on any atom is -0.379 e. The van der Waals surface area contributed by atoms with Gasteiger partial charge >= 0.3 is 0 Å². The molecule has 0 saturated heterocycles. The maximum absolute atomic E-state index is 13.0. The Kier molecular flexibility index (Phi) is 7.01. The number of thioether (sulfide) groups is 1. The van der Waals surface area contributed by atoms with Crippen LogP contribution in [-0.4, -0.2) is 33.8 Å². The van der Waals surface area contributed by atoms with Gasteiger partial charge in [0.2, 0.25) is 0 Å². The number of nitrogens with zero attached hydrogens (tertiary/aromatic N) is 2. The van der Waals surface area contributed by atoms with E-state index in [1.807, 2.05) is 50.2 Å². The molecule has 6 heteroatoms. The number of ketones is 1. The van der Waals surface area contributed by atoms with Crippen molar-refractivity contribution in [2.24, 2.45) is 0 Å². The lowest BCUT2D eigenvalue weighted by Crippen LogP contribution is -2.24. The zero-order valence-corrected chi connectivity index (χ0v) is 16.9. The van der Waals surface area contributed by atoms with Crippen molar-refractivity contribution in [3.05, 3.63) is 70.5 Å². The molecule has 1 aromatic heterocycles. The van der Waals surface area contributed by atoms with Gasteiger partial charge in [0, 0.05) is 18.7 Å². The van der Waals surface area contributed by atoms with Crippen LogP contribution in [-0.2, 0) is 11.3 Å². The van der Waals surface area contributed by atoms with Crippen molar-refractivity contribution in [3.8, 4) is 0 Å². The van der Waals surface area contributed by atoms with Gasteiger partial charge in [-0.05, 0) is 32.4 Å². The van der Waals surface area contributed by atoms with Crippen molar-refractivity contribution < 1.29 is 9.53 Å². The maximum atomic E-state index is 13.0. The van der Waals surface area contributed by atoms with E-state index in [1.165, 1.54) is 11.8 Å². The highest BCUT2D eigenvalue weighted by Crippen LogP contribution is 2.19. The first-order chi connectivity index (χ1) is 13.6. The van der Waals surface area contributed by atoms with Crippen molar-refractivity contribution in [3.63, 3.8) is 0 Å². The number of aromatic nitrogens is 2. The molecule has 28 heavy (non-hydrogen) atoms. The number of rotatable bonds is 9. The van der Waals surface area contributed by atoms with Crippen LogP contribution >= 0.6 is 11.8 Å². The molecule has 0 N–H and O–H groups in total. The number of carbonyl (C=O) groups excluding carboxylic acids is 1. The van der Waals surface area contributed by atoms with E-state index in [0.717, 1.165) is 0 Å². The second-order valence-corrected chi connectivity index (χ2v) is 7.66. The first-order valence-electron chi connectivity index (χ1n) is 9.38. The van der Waals surface area contributed by atoms with Gasteiger partial charge in [0.25, 0.3) is 5.56 Å². The van der Waals surface area contributed by atoms with Crippen molar-refractivity contribution in [2.45, 2.75) is 38.1 Å². The predicted molar refractivity (Wildman–Crippen MR) is 113 cm³/mol. The van der Waals surface area contributed by atoms with E-state index in [1.54, 1.807) is 22.8 Å². The third-order valence-electron chi connectivity index (χ3n) is 4.23. The molecule has 0 aliphatic rings. The molecule has 0 saturated carbocycles. The summed E-state index contributed by atoms with van der Waals surface area (Å²) < 4.78 is 7.25. The summed E-state index contributed by atoms with van der Waals surface area (Å²) in [7, 11) is 0. The number of hydrogen-bond donors (Lipinski definition) is 0. The second kappa shape index (κ2) is 9.66. The minimum atomic E-state index is -0.0789. The number of carbonyl (C=O) groups is 1. The Morgan fingerprint density at radius 1 is 1.11 bits per heavy atom. The summed E-state index contributed by atoms with van der Waals surface area (Å²) in [5.74, 6) is 0.250. The van der Waals surface area contributed by atoms with Gasteiger partial charge in [0.1, 0.15) is 0 Å². The average molecular weight is 397 g/mol. The largest absolute Gasteiger partial charge is 0.379 e. The summed E-state index contributed by atoms with van der Waals surface area (Å²) in [6.07, 6.45) is 0.863. The third kappa shape index (κ3) is 5.09. The van der Waals surface area contributed by atoms with Crippen LogP contribution < -0.4 is 5.56 Å². The fourth-order valence-corrected chi connectivity index (χ4v) is 3.75. The van der Waals surface area contributed by atoms with Gasteiger partial charge in [0.15, 0.2) is 10.9 Å². The van der Waals surface area contributed by atoms with Gasteiger partial charge in [-0.1, -0.05) is 54.2 Å². The van der Waals surface area contributed by atoms with Gasteiger partial charge in [0.05, 0.1) is 22.8 Å². The summed E-state index contributed by atoms with van der Waals surface area (Å²) in [5, 5.41) is 1.16. The van der Waals surface area contributed by atoms with Crippen molar-refractivity contribution in [2.75, 3.05) is 12.4 Å².